The van der Waals surface area contributed by atoms with Gasteiger partial charge < -0.3 is 4.74 Å². The molecule has 1 saturated heterocycles. The van der Waals surface area contributed by atoms with Gasteiger partial charge in [-0.15, -0.1) is 0 Å². The Hall–Kier alpha value is -2.83. The molecule has 0 aromatic heterocycles. The number of rotatable bonds is 7. The molecule has 0 bridgehead atoms. The number of benzene rings is 3. The van der Waals surface area contributed by atoms with Crippen LogP contribution in [0.5, 0.6) is 5.75 Å². The molecule has 0 unspecified atom stereocenters. The van der Waals surface area contributed by atoms with Gasteiger partial charge in [-0.05, 0) is 68.4 Å². The van der Waals surface area contributed by atoms with Crippen molar-refractivity contribution in [3.05, 3.63) is 90.0 Å². The van der Waals surface area contributed by atoms with Crippen LogP contribution in [0.4, 0.5) is 5.69 Å². The molecule has 0 amide bonds. The number of hydrogen-bond acceptors (Lipinski definition) is 4. The van der Waals surface area contributed by atoms with E-state index >= 15 is 0 Å². The molecule has 37 heavy (non-hydrogen) atoms. The van der Waals surface area contributed by atoms with E-state index in [1.807, 2.05) is 31.2 Å². The van der Waals surface area contributed by atoms with E-state index in [4.69, 9.17) is 4.74 Å². The summed E-state index contributed by atoms with van der Waals surface area (Å²) in [5.74, 6) is 1.10. The van der Waals surface area contributed by atoms with Crippen LogP contribution in [0.3, 0.4) is 0 Å². The molecule has 6 heteroatoms. The summed E-state index contributed by atoms with van der Waals surface area (Å²) in [5, 5.41) is 0. The lowest BCUT2D eigenvalue weighted by Crippen LogP contribution is -2.51. The van der Waals surface area contributed by atoms with E-state index in [1.165, 1.54) is 31.2 Å². The first-order chi connectivity index (χ1) is 18.0. The maximum Gasteiger partial charge on any atom is 0.264 e. The van der Waals surface area contributed by atoms with Crippen molar-refractivity contribution in [3.8, 4) is 5.75 Å². The molecule has 5 nitrogen and oxygen atoms in total. The Bertz CT molecular complexity index is 1270. The van der Waals surface area contributed by atoms with Gasteiger partial charge >= 0.3 is 0 Å². The Kier molecular flexibility index (Phi) is 7.87. The van der Waals surface area contributed by atoms with E-state index in [0.29, 0.717) is 17.7 Å². The SMILES string of the molecule is COc1cccc(S(=O)(=O)N(c2ccc(C)cc2)C2CCN([C@@H]3CCCC[C@@H]3c3ccccc3)CC2)c1. The van der Waals surface area contributed by atoms with E-state index < -0.39 is 10.0 Å². The number of sulfonamides is 1. The van der Waals surface area contributed by atoms with Gasteiger partial charge in [-0.3, -0.25) is 9.21 Å². The van der Waals surface area contributed by atoms with Crippen LogP contribution >= 0.6 is 0 Å². The molecule has 3 aromatic rings. The summed E-state index contributed by atoms with van der Waals surface area (Å²) in [6, 6.07) is 26.0. The summed E-state index contributed by atoms with van der Waals surface area (Å²) in [5.41, 5.74) is 3.28. The first-order valence-corrected chi connectivity index (χ1v) is 15.0. The third-order valence-corrected chi connectivity index (χ3v) is 10.0. The Morgan fingerprint density at radius 1 is 0.838 bits per heavy atom. The summed E-state index contributed by atoms with van der Waals surface area (Å²) >= 11 is 0. The van der Waals surface area contributed by atoms with Gasteiger partial charge in [-0.25, -0.2) is 8.42 Å². The smallest absolute Gasteiger partial charge is 0.264 e. The summed E-state index contributed by atoms with van der Waals surface area (Å²) in [7, 11) is -2.20. The van der Waals surface area contributed by atoms with Gasteiger partial charge in [-0.1, -0.05) is 66.9 Å². The van der Waals surface area contributed by atoms with Crippen molar-refractivity contribution in [1.82, 2.24) is 4.90 Å². The normalized spacial score (nSPS) is 21.5. The van der Waals surface area contributed by atoms with Crippen LogP contribution in [0.2, 0.25) is 0 Å². The molecular formula is C31H38N2O3S. The highest BCUT2D eigenvalue weighted by molar-refractivity contribution is 7.92. The molecule has 2 fully saturated rings. The number of nitrogens with zero attached hydrogens (tertiary/aromatic N) is 2. The van der Waals surface area contributed by atoms with Crippen LogP contribution in [0, 0.1) is 6.92 Å². The Morgan fingerprint density at radius 2 is 1.54 bits per heavy atom. The van der Waals surface area contributed by atoms with Gasteiger partial charge in [0.25, 0.3) is 10.0 Å². The lowest BCUT2D eigenvalue weighted by atomic mass is 9.78. The highest BCUT2D eigenvalue weighted by atomic mass is 32.2. The highest BCUT2D eigenvalue weighted by Gasteiger charge is 2.38. The van der Waals surface area contributed by atoms with Crippen LogP contribution in [0.1, 0.15) is 55.6 Å². The zero-order valence-corrected chi connectivity index (χ0v) is 22.7. The monoisotopic (exact) mass is 518 g/mol. The second-order valence-corrected chi connectivity index (χ2v) is 12.3. The maximum absolute atomic E-state index is 14.1. The lowest BCUT2D eigenvalue weighted by Gasteiger charge is -2.45. The van der Waals surface area contributed by atoms with Crippen molar-refractivity contribution >= 4 is 15.7 Å². The fraction of sp³-hybridized carbons (Fsp3) is 0.419. The number of piperidine rings is 1. The average molecular weight is 519 g/mol. The molecule has 5 rings (SSSR count). The number of likely N-dealkylation sites (tertiary alicyclic amines) is 1. The third kappa shape index (κ3) is 5.55. The van der Waals surface area contributed by atoms with E-state index in [1.54, 1.807) is 35.7 Å². The fourth-order valence-electron chi connectivity index (χ4n) is 6.20. The van der Waals surface area contributed by atoms with Crippen molar-refractivity contribution < 1.29 is 13.2 Å². The quantitative estimate of drug-likeness (QED) is 0.364. The van der Waals surface area contributed by atoms with Gasteiger partial charge in [0.05, 0.1) is 17.7 Å². The standard InChI is InChI=1S/C31H38N2O3S/c1-24-15-17-26(18-16-24)33(37(34,35)29-12-8-11-28(23-29)36-2)27-19-21-32(22-20-27)31-14-7-6-13-30(31)25-9-4-3-5-10-25/h3-5,8-12,15-18,23,27,30-31H,6-7,13-14,19-22H2,1-2H3/t30-,31-/m1/s1. The molecule has 196 valence electrons. The van der Waals surface area contributed by atoms with Gasteiger partial charge in [0, 0.05) is 31.2 Å². The average Bonchev–Trinajstić information content (AvgIpc) is 2.95. The Labute approximate surface area is 222 Å². The second-order valence-electron chi connectivity index (χ2n) is 10.5. The summed E-state index contributed by atoms with van der Waals surface area (Å²) in [4.78, 5) is 2.91. The molecule has 1 aliphatic heterocycles. The number of aryl methyl sites for hydroxylation is 1. The van der Waals surface area contributed by atoms with Crippen LogP contribution in [-0.4, -0.2) is 45.6 Å². The topological polar surface area (TPSA) is 49.9 Å². The third-order valence-electron chi connectivity index (χ3n) is 8.14. The number of hydrogen-bond donors (Lipinski definition) is 0. The second kappa shape index (κ2) is 11.3. The molecule has 0 radical (unpaired) electrons. The molecule has 2 atom stereocenters. The van der Waals surface area contributed by atoms with Crippen LogP contribution < -0.4 is 9.04 Å². The molecule has 1 aliphatic carbocycles. The van der Waals surface area contributed by atoms with Crippen molar-refractivity contribution in [2.45, 2.75) is 68.3 Å². The van der Waals surface area contributed by atoms with Crippen molar-refractivity contribution in [2.75, 3.05) is 24.5 Å². The Balaban J connectivity index is 1.40. The fourth-order valence-corrected chi connectivity index (χ4v) is 7.95. The van der Waals surface area contributed by atoms with Gasteiger partial charge in [-0.2, -0.15) is 0 Å². The van der Waals surface area contributed by atoms with Gasteiger partial charge in [0.2, 0.25) is 0 Å². The van der Waals surface area contributed by atoms with E-state index in [2.05, 4.69) is 35.2 Å². The van der Waals surface area contributed by atoms with Gasteiger partial charge in [0.1, 0.15) is 5.75 Å². The van der Waals surface area contributed by atoms with E-state index in [0.717, 1.165) is 37.2 Å². The minimum Gasteiger partial charge on any atom is -0.497 e. The predicted molar refractivity (Wildman–Crippen MR) is 150 cm³/mol. The minimum absolute atomic E-state index is 0.0890. The van der Waals surface area contributed by atoms with Crippen molar-refractivity contribution in [2.24, 2.45) is 0 Å². The number of ether oxygens (including phenoxy) is 1. The van der Waals surface area contributed by atoms with Crippen molar-refractivity contribution in [3.63, 3.8) is 0 Å². The molecule has 3 aromatic carbocycles. The Morgan fingerprint density at radius 3 is 2.24 bits per heavy atom. The largest absolute Gasteiger partial charge is 0.497 e. The molecule has 0 N–H and O–H groups in total. The molecule has 0 spiro atoms. The summed E-state index contributed by atoms with van der Waals surface area (Å²) in [6.45, 7) is 3.85. The molecule has 1 saturated carbocycles. The lowest BCUT2D eigenvalue weighted by molar-refractivity contribution is 0.107. The zero-order chi connectivity index (χ0) is 25.8. The molecular weight excluding hydrogens is 480 g/mol. The van der Waals surface area contributed by atoms with Crippen LogP contribution in [-0.2, 0) is 10.0 Å². The maximum atomic E-state index is 14.1. The van der Waals surface area contributed by atoms with Crippen LogP contribution in [0.15, 0.2) is 83.8 Å². The number of methoxy groups -OCH3 is 1. The molecule has 1 heterocycles. The van der Waals surface area contributed by atoms with Gasteiger partial charge in [0.15, 0.2) is 0 Å². The first kappa shape index (κ1) is 25.8. The minimum atomic E-state index is -3.76. The van der Waals surface area contributed by atoms with Crippen LogP contribution in [0.25, 0.3) is 0 Å². The molecule has 2 aliphatic rings. The van der Waals surface area contributed by atoms with Crippen molar-refractivity contribution in [1.29, 1.82) is 0 Å². The number of anilines is 1. The summed E-state index contributed by atoms with van der Waals surface area (Å²) < 4.78 is 35.1. The summed E-state index contributed by atoms with van der Waals surface area (Å²) in [6.07, 6.45) is 6.63. The first-order valence-electron chi connectivity index (χ1n) is 13.5. The van der Waals surface area contributed by atoms with E-state index in [9.17, 15) is 8.42 Å². The zero-order valence-electron chi connectivity index (χ0n) is 21.9. The van der Waals surface area contributed by atoms with E-state index in [-0.39, 0.29) is 10.9 Å². The highest BCUT2D eigenvalue weighted by Crippen LogP contribution is 2.39. The predicted octanol–water partition coefficient (Wildman–Crippen LogP) is 6.39.